The van der Waals surface area contributed by atoms with Gasteiger partial charge in [0.25, 0.3) is 0 Å². The molecule has 116 valence electrons. The number of nitrogens with zero attached hydrogens (tertiary/aromatic N) is 3. The van der Waals surface area contributed by atoms with Gasteiger partial charge in [0.1, 0.15) is 5.54 Å². The zero-order valence-electron chi connectivity index (χ0n) is 12.7. The fourth-order valence-electron chi connectivity index (χ4n) is 2.26. The molecule has 6 nitrogen and oxygen atoms in total. The summed E-state index contributed by atoms with van der Waals surface area (Å²) in [5, 5.41) is 20.0. The Morgan fingerprint density at radius 3 is 3.00 bits per heavy atom. The van der Waals surface area contributed by atoms with E-state index in [-0.39, 0.29) is 5.69 Å². The van der Waals surface area contributed by atoms with Gasteiger partial charge in [-0.2, -0.15) is 5.26 Å². The number of nitrogens with one attached hydrogen (secondary N) is 2. The predicted molar refractivity (Wildman–Crippen MR) is 83.3 cm³/mol. The maximum Gasteiger partial charge on any atom is 0.343 e. The summed E-state index contributed by atoms with van der Waals surface area (Å²) in [4.78, 5) is 11.6. The highest BCUT2D eigenvalue weighted by Gasteiger charge is 2.31. The van der Waals surface area contributed by atoms with E-state index in [2.05, 4.69) is 21.6 Å². The average molecular weight is 309 g/mol. The number of hydrogen-bond acceptors (Lipinski definition) is 5. The molecule has 2 N–H and O–H groups in total. The number of H-pyrrole nitrogens is 1. The summed E-state index contributed by atoms with van der Waals surface area (Å²) in [7, 11) is 0. The number of aromatic nitrogens is 3. The average Bonchev–Trinajstić information content (AvgIpc) is 3.21. The molecule has 1 heterocycles. The van der Waals surface area contributed by atoms with Crippen LogP contribution in [0.25, 0.3) is 0 Å². The summed E-state index contributed by atoms with van der Waals surface area (Å²) < 4.78 is 1.68. The van der Waals surface area contributed by atoms with E-state index >= 15 is 0 Å². The van der Waals surface area contributed by atoms with Crippen LogP contribution in [0.3, 0.4) is 0 Å². The number of thioether (sulfide) groups is 1. The second kappa shape index (κ2) is 7.14. The second-order valence-electron chi connectivity index (χ2n) is 5.78. The fraction of sp³-hybridized carbons (Fsp3) is 0.786. The minimum Gasteiger partial charge on any atom is -0.297 e. The van der Waals surface area contributed by atoms with E-state index in [4.69, 9.17) is 0 Å². The Labute approximate surface area is 129 Å². The lowest BCUT2D eigenvalue weighted by atomic mass is 9.98. The lowest BCUT2D eigenvalue weighted by Gasteiger charge is -2.22. The number of aromatic amines is 1. The van der Waals surface area contributed by atoms with Crippen molar-refractivity contribution < 1.29 is 0 Å². The Morgan fingerprint density at radius 2 is 2.38 bits per heavy atom. The first kappa shape index (κ1) is 16.1. The third-order valence-corrected chi connectivity index (χ3v) is 4.63. The third-order valence-electron chi connectivity index (χ3n) is 3.57. The van der Waals surface area contributed by atoms with E-state index in [9.17, 15) is 10.1 Å². The molecule has 0 spiro atoms. The first-order chi connectivity index (χ1) is 10.1. The summed E-state index contributed by atoms with van der Waals surface area (Å²) >= 11 is 1.58. The molecular formula is C14H23N5OS. The van der Waals surface area contributed by atoms with Gasteiger partial charge in [-0.05, 0) is 39.0 Å². The standard InChI is InChI=1S/C14H23N5OS/c1-3-8-19-12(20)17-18-13(19)21-9-4-7-14(2,10-15)16-11-5-6-11/h11,16H,3-9H2,1-2H3,(H,17,20). The molecule has 1 aliphatic carbocycles. The van der Waals surface area contributed by atoms with E-state index in [0.717, 1.165) is 30.2 Å². The number of rotatable bonds is 9. The van der Waals surface area contributed by atoms with Gasteiger partial charge in [0, 0.05) is 18.3 Å². The maximum absolute atomic E-state index is 11.6. The van der Waals surface area contributed by atoms with Gasteiger partial charge in [-0.3, -0.25) is 9.88 Å². The molecule has 0 radical (unpaired) electrons. The summed E-state index contributed by atoms with van der Waals surface area (Å²) in [6, 6.07) is 2.92. The molecule has 1 fully saturated rings. The summed E-state index contributed by atoms with van der Waals surface area (Å²) in [5.41, 5.74) is -0.576. The summed E-state index contributed by atoms with van der Waals surface area (Å²) in [6.45, 7) is 4.70. The Hall–Kier alpha value is -1.26. The van der Waals surface area contributed by atoms with Crippen LogP contribution in [0.4, 0.5) is 0 Å². The minimum absolute atomic E-state index is 0.142. The van der Waals surface area contributed by atoms with Crippen LogP contribution in [-0.4, -0.2) is 32.1 Å². The van der Waals surface area contributed by atoms with Gasteiger partial charge in [0.2, 0.25) is 0 Å². The minimum atomic E-state index is -0.434. The van der Waals surface area contributed by atoms with Crippen molar-refractivity contribution in [3.8, 4) is 6.07 Å². The molecule has 0 saturated heterocycles. The first-order valence-corrected chi connectivity index (χ1v) is 8.53. The molecule has 0 aliphatic heterocycles. The molecule has 1 unspecified atom stereocenters. The quantitative estimate of drug-likeness (QED) is 0.537. The molecule has 7 heteroatoms. The Balaban J connectivity index is 1.79. The van der Waals surface area contributed by atoms with E-state index < -0.39 is 5.54 Å². The van der Waals surface area contributed by atoms with E-state index in [1.54, 1.807) is 16.3 Å². The smallest absolute Gasteiger partial charge is 0.297 e. The predicted octanol–water partition coefficient (Wildman–Crippen LogP) is 1.89. The van der Waals surface area contributed by atoms with Crippen LogP contribution >= 0.6 is 11.8 Å². The molecule has 0 aromatic carbocycles. The first-order valence-electron chi connectivity index (χ1n) is 7.55. The van der Waals surface area contributed by atoms with Gasteiger partial charge >= 0.3 is 5.69 Å². The highest BCUT2D eigenvalue weighted by Crippen LogP contribution is 2.25. The molecule has 1 aromatic heterocycles. The highest BCUT2D eigenvalue weighted by atomic mass is 32.2. The van der Waals surface area contributed by atoms with Crippen LogP contribution in [0.1, 0.15) is 46.0 Å². The van der Waals surface area contributed by atoms with Crippen molar-refractivity contribution in [2.75, 3.05) is 5.75 Å². The lowest BCUT2D eigenvalue weighted by molar-refractivity contribution is 0.411. The van der Waals surface area contributed by atoms with Crippen LogP contribution in [0.5, 0.6) is 0 Å². The van der Waals surface area contributed by atoms with Crippen molar-refractivity contribution >= 4 is 11.8 Å². The van der Waals surface area contributed by atoms with Crippen LogP contribution in [0, 0.1) is 11.3 Å². The van der Waals surface area contributed by atoms with Gasteiger partial charge in [-0.25, -0.2) is 9.89 Å². The van der Waals surface area contributed by atoms with Crippen LogP contribution in [0.2, 0.25) is 0 Å². The SMILES string of the molecule is CCCn1c(SCCCC(C)(C#N)NC2CC2)n[nH]c1=O. The molecule has 21 heavy (non-hydrogen) atoms. The van der Waals surface area contributed by atoms with Crippen LogP contribution < -0.4 is 11.0 Å². The van der Waals surface area contributed by atoms with Crippen molar-refractivity contribution in [1.29, 1.82) is 5.26 Å². The fourth-order valence-corrected chi connectivity index (χ4v) is 3.17. The molecule has 1 aromatic rings. The number of hydrogen-bond donors (Lipinski definition) is 2. The third kappa shape index (κ3) is 4.61. The van der Waals surface area contributed by atoms with Crippen molar-refractivity contribution in [3.05, 3.63) is 10.5 Å². The highest BCUT2D eigenvalue weighted by molar-refractivity contribution is 7.99. The Morgan fingerprint density at radius 1 is 1.62 bits per heavy atom. The molecule has 1 aliphatic rings. The van der Waals surface area contributed by atoms with Crippen molar-refractivity contribution in [1.82, 2.24) is 20.1 Å². The molecule has 0 bridgehead atoms. The normalized spacial score (nSPS) is 17.4. The van der Waals surface area contributed by atoms with Gasteiger partial charge in [0.05, 0.1) is 6.07 Å². The number of nitriles is 1. The maximum atomic E-state index is 11.6. The van der Waals surface area contributed by atoms with Gasteiger partial charge in [0.15, 0.2) is 5.16 Å². The zero-order chi connectivity index (χ0) is 15.3. The van der Waals surface area contributed by atoms with Crippen LogP contribution in [0.15, 0.2) is 9.95 Å². The van der Waals surface area contributed by atoms with Crippen molar-refractivity contribution in [2.24, 2.45) is 0 Å². The van der Waals surface area contributed by atoms with Gasteiger partial charge < -0.3 is 0 Å². The molecular weight excluding hydrogens is 286 g/mol. The Bertz CT molecular complexity index is 556. The largest absolute Gasteiger partial charge is 0.343 e. The second-order valence-corrected chi connectivity index (χ2v) is 6.84. The van der Waals surface area contributed by atoms with Crippen molar-refractivity contribution in [2.45, 2.75) is 69.2 Å². The zero-order valence-corrected chi connectivity index (χ0v) is 13.5. The molecule has 1 saturated carbocycles. The Kier molecular flexibility index (Phi) is 5.48. The van der Waals surface area contributed by atoms with E-state index in [0.29, 0.717) is 12.6 Å². The monoisotopic (exact) mass is 309 g/mol. The van der Waals surface area contributed by atoms with Crippen molar-refractivity contribution in [3.63, 3.8) is 0 Å². The summed E-state index contributed by atoms with van der Waals surface area (Å²) in [6.07, 6.45) is 5.01. The molecule has 2 rings (SSSR count). The van der Waals surface area contributed by atoms with Gasteiger partial charge in [-0.1, -0.05) is 18.7 Å². The van der Waals surface area contributed by atoms with E-state index in [1.165, 1.54) is 12.8 Å². The topological polar surface area (TPSA) is 86.5 Å². The molecule has 1 atom stereocenters. The summed E-state index contributed by atoms with van der Waals surface area (Å²) in [5.74, 6) is 0.859. The van der Waals surface area contributed by atoms with Gasteiger partial charge in [-0.15, -0.1) is 5.10 Å². The van der Waals surface area contributed by atoms with Crippen LogP contribution in [-0.2, 0) is 6.54 Å². The lowest BCUT2D eigenvalue weighted by Crippen LogP contribution is -2.42. The molecule has 0 amide bonds. The van der Waals surface area contributed by atoms with E-state index in [1.807, 2.05) is 13.8 Å².